The van der Waals surface area contributed by atoms with E-state index >= 15 is 0 Å². The summed E-state index contributed by atoms with van der Waals surface area (Å²) in [5.41, 5.74) is -1.10. The fraction of sp³-hybridized carbons (Fsp3) is 0.857. The summed E-state index contributed by atoms with van der Waals surface area (Å²) >= 11 is 0. The number of likely N-dealkylation sites (N-methyl/N-ethyl adjacent to an activating group) is 1. The topological polar surface area (TPSA) is 40.5 Å². The van der Waals surface area contributed by atoms with Crippen LogP contribution in [-0.2, 0) is 4.79 Å². The van der Waals surface area contributed by atoms with E-state index in [0.29, 0.717) is 6.42 Å². The largest absolute Gasteiger partial charge is 0.380 e. The van der Waals surface area contributed by atoms with Gasteiger partial charge in [0.2, 0.25) is 0 Å². The molecule has 58 valence electrons. The quantitative estimate of drug-likeness (QED) is 0.518. The highest BCUT2D eigenvalue weighted by molar-refractivity contribution is 5.84. The van der Waals surface area contributed by atoms with Crippen LogP contribution in [0.4, 0.5) is 0 Å². The Labute approximate surface area is 60.6 Å². The van der Waals surface area contributed by atoms with Crippen LogP contribution in [0.3, 0.4) is 0 Å². The predicted octanol–water partition coefficient (Wildman–Crippen LogP) is -0.0104. The van der Waals surface area contributed by atoms with Gasteiger partial charge < -0.3 is 10.0 Å². The maximum Gasteiger partial charge on any atom is 0.253 e. The maximum atomic E-state index is 11.1. The van der Waals surface area contributed by atoms with E-state index < -0.39 is 5.60 Å². The highest BCUT2D eigenvalue weighted by atomic mass is 16.3. The van der Waals surface area contributed by atoms with Gasteiger partial charge in [0.05, 0.1) is 0 Å². The summed E-state index contributed by atoms with van der Waals surface area (Å²) in [5.74, 6) is -0.154. The van der Waals surface area contributed by atoms with Gasteiger partial charge >= 0.3 is 0 Å². The average molecular weight is 143 g/mol. The smallest absolute Gasteiger partial charge is 0.253 e. The molecule has 1 N–H and O–H groups in total. The van der Waals surface area contributed by atoms with E-state index in [1.165, 1.54) is 0 Å². The number of nitrogens with zero attached hydrogens (tertiary/aromatic N) is 1. The van der Waals surface area contributed by atoms with Crippen molar-refractivity contribution in [3.8, 4) is 0 Å². The van der Waals surface area contributed by atoms with Gasteiger partial charge in [-0.25, -0.2) is 0 Å². The van der Waals surface area contributed by atoms with Crippen molar-refractivity contribution in [2.24, 2.45) is 0 Å². The van der Waals surface area contributed by atoms with Crippen LogP contribution >= 0.6 is 0 Å². The Hall–Kier alpha value is -0.570. The minimum absolute atomic E-state index is 0.154. The number of rotatable bonds is 0. The lowest BCUT2D eigenvalue weighted by atomic mass is 9.95. The van der Waals surface area contributed by atoms with Gasteiger partial charge in [-0.15, -0.1) is 0 Å². The van der Waals surface area contributed by atoms with Gasteiger partial charge in [0.1, 0.15) is 5.60 Å². The summed E-state index contributed by atoms with van der Waals surface area (Å²) < 4.78 is 0. The normalized spacial score (nSPS) is 34.7. The van der Waals surface area contributed by atoms with Crippen LogP contribution < -0.4 is 0 Å². The van der Waals surface area contributed by atoms with Crippen LogP contribution in [0.2, 0.25) is 0 Å². The summed E-state index contributed by atoms with van der Waals surface area (Å²) in [6, 6.07) is 0. The number of piperidine rings is 1. The first-order chi connectivity index (χ1) is 4.54. The zero-order valence-corrected chi connectivity index (χ0v) is 6.42. The lowest BCUT2D eigenvalue weighted by Crippen LogP contribution is -2.49. The molecule has 1 aliphatic heterocycles. The number of aliphatic hydroxyl groups is 1. The highest BCUT2D eigenvalue weighted by Gasteiger charge is 2.35. The molecule has 1 unspecified atom stereocenters. The van der Waals surface area contributed by atoms with Crippen molar-refractivity contribution in [2.45, 2.75) is 25.4 Å². The molecule has 0 aromatic carbocycles. The Kier molecular flexibility index (Phi) is 1.68. The number of hydrogen-bond donors (Lipinski definition) is 1. The van der Waals surface area contributed by atoms with E-state index in [4.69, 9.17) is 0 Å². The summed E-state index contributed by atoms with van der Waals surface area (Å²) in [4.78, 5) is 12.7. The fourth-order valence-electron chi connectivity index (χ4n) is 1.28. The third kappa shape index (κ3) is 1.14. The Bertz CT molecular complexity index is 154. The molecular weight excluding hydrogens is 130 g/mol. The van der Waals surface area contributed by atoms with Crippen molar-refractivity contribution >= 4 is 5.91 Å². The second-order valence-corrected chi connectivity index (χ2v) is 3.10. The number of amides is 1. The summed E-state index contributed by atoms with van der Waals surface area (Å²) in [5, 5.41) is 9.42. The van der Waals surface area contributed by atoms with E-state index in [2.05, 4.69) is 0 Å². The van der Waals surface area contributed by atoms with Crippen LogP contribution in [0.1, 0.15) is 19.8 Å². The first-order valence-corrected chi connectivity index (χ1v) is 3.52. The molecule has 1 rings (SSSR count). The number of carbonyl (C=O) groups excluding carboxylic acids is 1. The monoisotopic (exact) mass is 143 g/mol. The summed E-state index contributed by atoms with van der Waals surface area (Å²) in [6.07, 6.45) is 1.49. The Morgan fingerprint density at radius 3 is 2.70 bits per heavy atom. The molecule has 0 aromatic heterocycles. The zero-order chi connectivity index (χ0) is 7.78. The highest BCUT2D eigenvalue weighted by Crippen LogP contribution is 2.20. The van der Waals surface area contributed by atoms with Crippen molar-refractivity contribution in [3.05, 3.63) is 0 Å². The number of likely N-dealkylation sites (tertiary alicyclic amines) is 1. The molecule has 0 aliphatic carbocycles. The van der Waals surface area contributed by atoms with Crippen LogP contribution in [0.5, 0.6) is 0 Å². The molecule has 0 radical (unpaired) electrons. The first kappa shape index (κ1) is 7.54. The van der Waals surface area contributed by atoms with E-state index in [0.717, 1.165) is 13.0 Å². The lowest BCUT2D eigenvalue weighted by Gasteiger charge is -2.33. The third-order valence-electron chi connectivity index (χ3n) is 1.96. The number of hydrogen-bond acceptors (Lipinski definition) is 2. The SMILES string of the molecule is CN1CCCC(C)(O)C1=O. The van der Waals surface area contributed by atoms with Crippen molar-refractivity contribution in [1.29, 1.82) is 0 Å². The molecule has 3 heteroatoms. The second-order valence-electron chi connectivity index (χ2n) is 3.10. The minimum Gasteiger partial charge on any atom is -0.380 e. The molecule has 1 atom stereocenters. The molecule has 0 bridgehead atoms. The molecule has 1 aliphatic rings. The zero-order valence-electron chi connectivity index (χ0n) is 6.42. The summed E-state index contributed by atoms with van der Waals surface area (Å²) in [6.45, 7) is 2.35. The van der Waals surface area contributed by atoms with Crippen molar-refractivity contribution in [1.82, 2.24) is 4.90 Å². The molecule has 1 fully saturated rings. The maximum absolute atomic E-state index is 11.1. The molecule has 1 heterocycles. The van der Waals surface area contributed by atoms with E-state index in [1.807, 2.05) is 0 Å². The van der Waals surface area contributed by atoms with Crippen LogP contribution in [0.25, 0.3) is 0 Å². The second kappa shape index (κ2) is 2.23. The molecule has 0 saturated carbocycles. The van der Waals surface area contributed by atoms with E-state index in [9.17, 15) is 9.90 Å². The minimum atomic E-state index is -1.10. The first-order valence-electron chi connectivity index (χ1n) is 3.52. The van der Waals surface area contributed by atoms with Crippen molar-refractivity contribution in [2.75, 3.05) is 13.6 Å². The molecule has 0 aromatic rings. The molecule has 10 heavy (non-hydrogen) atoms. The van der Waals surface area contributed by atoms with Crippen molar-refractivity contribution in [3.63, 3.8) is 0 Å². The van der Waals surface area contributed by atoms with Gasteiger partial charge in [0.25, 0.3) is 5.91 Å². The number of carbonyl (C=O) groups is 1. The average Bonchev–Trinajstić information content (AvgIpc) is 1.83. The molecule has 3 nitrogen and oxygen atoms in total. The van der Waals surface area contributed by atoms with E-state index in [-0.39, 0.29) is 5.91 Å². The Balaban J connectivity index is 2.70. The van der Waals surface area contributed by atoms with Gasteiger partial charge in [0, 0.05) is 13.6 Å². The lowest BCUT2D eigenvalue weighted by molar-refractivity contribution is -0.153. The molecular formula is C7H13NO2. The van der Waals surface area contributed by atoms with Gasteiger partial charge in [-0.2, -0.15) is 0 Å². The molecule has 1 saturated heterocycles. The van der Waals surface area contributed by atoms with Crippen LogP contribution in [0.15, 0.2) is 0 Å². The van der Waals surface area contributed by atoms with Gasteiger partial charge in [-0.1, -0.05) is 0 Å². The summed E-state index contributed by atoms with van der Waals surface area (Å²) in [7, 11) is 1.72. The predicted molar refractivity (Wildman–Crippen MR) is 37.5 cm³/mol. The molecule has 0 spiro atoms. The van der Waals surface area contributed by atoms with E-state index in [1.54, 1.807) is 18.9 Å². The third-order valence-corrected chi connectivity index (χ3v) is 1.96. The standard InChI is InChI=1S/C7H13NO2/c1-7(10)4-3-5-8(2)6(7)9/h10H,3-5H2,1-2H3. The molecule has 1 amide bonds. The van der Waals surface area contributed by atoms with Crippen molar-refractivity contribution < 1.29 is 9.90 Å². The van der Waals surface area contributed by atoms with Gasteiger partial charge in [-0.05, 0) is 19.8 Å². The fourth-order valence-corrected chi connectivity index (χ4v) is 1.28. The van der Waals surface area contributed by atoms with Gasteiger partial charge in [-0.3, -0.25) is 4.79 Å². The Morgan fingerprint density at radius 2 is 2.30 bits per heavy atom. The van der Waals surface area contributed by atoms with Crippen LogP contribution in [-0.4, -0.2) is 35.1 Å². The Morgan fingerprint density at radius 1 is 1.70 bits per heavy atom. The van der Waals surface area contributed by atoms with Gasteiger partial charge in [0.15, 0.2) is 0 Å². The van der Waals surface area contributed by atoms with Crippen LogP contribution in [0, 0.1) is 0 Å².